The van der Waals surface area contributed by atoms with Crippen molar-refractivity contribution in [1.29, 1.82) is 0 Å². The van der Waals surface area contributed by atoms with Gasteiger partial charge in [0.1, 0.15) is 11.9 Å². The Morgan fingerprint density at radius 3 is 2.57 bits per heavy atom. The Morgan fingerprint density at radius 2 is 2.00 bits per heavy atom. The molecule has 1 heterocycles. The van der Waals surface area contributed by atoms with E-state index in [4.69, 9.17) is 0 Å². The molecule has 0 bridgehead atoms. The average Bonchev–Trinajstić information content (AvgIpc) is 2.72. The van der Waals surface area contributed by atoms with Crippen LogP contribution >= 0.6 is 0 Å². The number of nitrogens with one attached hydrogen (secondary N) is 1. The maximum Gasteiger partial charge on any atom is 0.252 e. The van der Waals surface area contributed by atoms with Crippen molar-refractivity contribution in [2.75, 3.05) is 5.32 Å². The fourth-order valence-corrected chi connectivity index (χ4v) is 2.79. The highest BCUT2D eigenvalue weighted by atomic mass is 19.1. The Labute approximate surface area is 124 Å². The molecule has 4 nitrogen and oxygen atoms in total. The summed E-state index contributed by atoms with van der Waals surface area (Å²) < 4.78 is 13.8. The van der Waals surface area contributed by atoms with Crippen LogP contribution in [0.2, 0.25) is 0 Å². The van der Waals surface area contributed by atoms with Gasteiger partial charge in [-0.25, -0.2) is 4.39 Å². The standard InChI is InChI=1S/C16H21FN2O2/c1-4-11(5-2)19-14(20)9-13(16(19)21)18-15-10(3)7-6-8-12(15)17/h6-8,11,13,18H,4-5,9H2,1-3H3. The van der Waals surface area contributed by atoms with Crippen LogP contribution in [0.1, 0.15) is 38.7 Å². The fraction of sp³-hybridized carbons (Fsp3) is 0.500. The molecule has 1 aliphatic rings. The predicted molar refractivity (Wildman–Crippen MR) is 79.4 cm³/mol. The lowest BCUT2D eigenvalue weighted by Gasteiger charge is -2.24. The second-order valence-corrected chi connectivity index (χ2v) is 5.41. The molecule has 1 aliphatic heterocycles. The number of halogens is 1. The Hall–Kier alpha value is -1.91. The maximum absolute atomic E-state index is 13.8. The molecule has 1 N–H and O–H groups in total. The number of para-hydroxylation sites is 1. The average molecular weight is 292 g/mol. The first-order valence-corrected chi connectivity index (χ1v) is 7.37. The van der Waals surface area contributed by atoms with Gasteiger partial charge in [0.25, 0.3) is 5.91 Å². The Kier molecular flexibility index (Phi) is 4.60. The van der Waals surface area contributed by atoms with E-state index in [1.807, 2.05) is 13.8 Å². The minimum absolute atomic E-state index is 0.0708. The van der Waals surface area contributed by atoms with Gasteiger partial charge in [0.2, 0.25) is 5.91 Å². The lowest BCUT2D eigenvalue weighted by Crippen LogP contribution is -2.41. The van der Waals surface area contributed by atoms with Crippen LogP contribution in [-0.2, 0) is 9.59 Å². The molecule has 1 unspecified atom stereocenters. The summed E-state index contributed by atoms with van der Waals surface area (Å²) in [6, 6.07) is 3.99. The predicted octanol–water partition coefficient (Wildman–Crippen LogP) is 2.86. The van der Waals surface area contributed by atoms with Crippen LogP contribution in [0.4, 0.5) is 10.1 Å². The first kappa shape index (κ1) is 15.5. The molecule has 0 saturated carbocycles. The molecule has 0 radical (unpaired) electrons. The number of nitrogens with zero attached hydrogens (tertiary/aromatic N) is 1. The topological polar surface area (TPSA) is 49.4 Å². The molecule has 1 aromatic carbocycles. The third kappa shape index (κ3) is 2.91. The molecule has 2 amide bonds. The van der Waals surface area contributed by atoms with Crippen molar-refractivity contribution < 1.29 is 14.0 Å². The summed E-state index contributed by atoms with van der Waals surface area (Å²) in [6.07, 6.45) is 1.56. The summed E-state index contributed by atoms with van der Waals surface area (Å²) in [7, 11) is 0. The molecule has 5 heteroatoms. The Morgan fingerprint density at radius 1 is 1.33 bits per heavy atom. The molecule has 0 aliphatic carbocycles. The molecule has 21 heavy (non-hydrogen) atoms. The number of rotatable bonds is 5. The highest BCUT2D eigenvalue weighted by Crippen LogP contribution is 2.26. The van der Waals surface area contributed by atoms with E-state index in [-0.39, 0.29) is 24.3 Å². The van der Waals surface area contributed by atoms with E-state index < -0.39 is 11.9 Å². The monoisotopic (exact) mass is 292 g/mol. The van der Waals surface area contributed by atoms with Gasteiger partial charge in [0.05, 0.1) is 12.1 Å². The molecule has 1 aromatic rings. The number of amides is 2. The van der Waals surface area contributed by atoms with Gasteiger partial charge >= 0.3 is 0 Å². The molecular weight excluding hydrogens is 271 g/mol. The van der Waals surface area contributed by atoms with E-state index in [0.717, 1.165) is 18.4 Å². The summed E-state index contributed by atoms with van der Waals surface area (Å²) in [4.78, 5) is 25.8. The van der Waals surface area contributed by atoms with Gasteiger partial charge in [-0.3, -0.25) is 14.5 Å². The lowest BCUT2D eigenvalue weighted by molar-refractivity contribution is -0.141. The fourth-order valence-electron chi connectivity index (χ4n) is 2.79. The summed E-state index contributed by atoms with van der Waals surface area (Å²) in [5.74, 6) is -0.840. The quantitative estimate of drug-likeness (QED) is 0.849. The van der Waals surface area contributed by atoms with Gasteiger partial charge in [0, 0.05) is 6.04 Å². The first-order valence-electron chi connectivity index (χ1n) is 7.37. The van der Waals surface area contributed by atoms with Crippen LogP contribution in [0.25, 0.3) is 0 Å². The number of likely N-dealkylation sites (tertiary alicyclic amines) is 1. The van der Waals surface area contributed by atoms with Crippen molar-refractivity contribution in [2.45, 2.75) is 52.1 Å². The molecular formula is C16H21FN2O2. The van der Waals surface area contributed by atoms with Crippen molar-refractivity contribution in [3.63, 3.8) is 0 Å². The highest BCUT2D eigenvalue weighted by Gasteiger charge is 2.41. The van der Waals surface area contributed by atoms with Gasteiger partial charge in [0.15, 0.2) is 0 Å². The van der Waals surface area contributed by atoms with E-state index in [9.17, 15) is 14.0 Å². The third-order valence-corrected chi connectivity index (χ3v) is 4.03. The first-order chi connectivity index (χ1) is 9.99. The maximum atomic E-state index is 13.8. The van der Waals surface area contributed by atoms with Crippen LogP contribution in [0, 0.1) is 12.7 Å². The molecule has 2 rings (SSSR count). The lowest BCUT2D eigenvalue weighted by atomic mass is 10.1. The van der Waals surface area contributed by atoms with Gasteiger partial charge in [-0.1, -0.05) is 26.0 Å². The molecule has 114 valence electrons. The summed E-state index contributed by atoms with van der Waals surface area (Å²) >= 11 is 0. The number of anilines is 1. The molecule has 1 saturated heterocycles. The van der Waals surface area contributed by atoms with Crippen LogP contribution in [0.15, 0.2) is 18.2 Å². The van der Waals surface area contributed by atoms with E-state index in [1.54, 1.807) is 19.1 Å². The summed E-state index contributed by atoms with van der Waals surface area (Å²) in [5.41, 5.74) is 1.02. The molecule has 1 atom stereocenters. The van der Waals surface area contributed by atoms with Crippen molar-refractivity contribution in [3.05, 3.63) is 29.6 Å². The number of benzene rings is 1. The van der Waals surface area contributed by atoms with Crippen molar-refractivity contribution in [1.82, 2.24) is 4.90 Å². The smallest absolute Gasteiger partial charge is 0.252 e. The Balaban J connectivity index is 2.20. The number of hydrogen-bond acceptors (Lipinski definition) is 3. The summed E-state index contributed by atoms with van der Waals surface area (Å²) in [5, 5.41) is 2.90. The zero-order valence-electron chi connectivity index (χ0n) is 12.6. The third-order valence-electron chi connectivity index (χ3n) is 4.03. The SMILES string of the molecule is CCC(CC)N1C(=O)CC(Nc2c(C)cccc2F)C1=O. The minimum Gasteiger partial charge on any atom is -0.371 e. The Bertz CT molecular complexity index is 535. The van der Waals surface area contributed by atoms with E-state index in [0.29, 0.717) is 5.69 Å². The van der Waals surface area contributed by atoms with Gasteiger partial charge < -0.3 is 5.32 Å². The van der Waals surface area contributed by atoms with E-state index in [2.05, 4.69) is 5.32 Å². The van der Waals surface area contributed by atoms with Crippen LogP contribution in [-0.4, -0.2) is 28.8 Å². The summed E-state index contributed by atoms with van der Waals surface area (Å²) in [6.45, 7) is 5.68. The highest BCUT2D eigenvalue weighted by molar-refractivity contribution is 6.07. The van der Waals surface area contributed by atoms with E-state index >= 15 is 0 Å². The number of hydrogen-bond donors (Lipinski definition) is 1. The normalized spacial score (nSPS) is 18.7. The number of carbonyl (C=O) groups excluding carboxylic acids is 2. The molecule has 1 fully saturated rings. The number of imide groups is 1. The van der Waals surface area contributed by atoms with Crippen molar-refractivity contribution in [2.24, 2.45) is 0 Å². The molecule has 0 spiro atoms. The van der Waals surface area contributed by atoms with Gasteiger partial charge in [-0.15, -0.1) is 0 Å². The second-order valence-electron chi connectivity index (χ2n) is 5.41. The van der Waals surface area contributed by atoms with Crippen LogP contribution in [0.3, 0.4) is 0 Å². The molecule has 0 aromatic heterocycles. The van der Waals surface area contributed by atoms with Crippen molar-refractivity contribution >= 4 is 17.5 Å². The minimum atomic E-state index is -0.673. The number of aryl methyl sites for hydroxylation is 1. The number of carbonyl (C=O) groups is 2. The second kappa shape index (κ2) is 6.24. The van der Waals surface area contributed by atoms with Gasteiger partial charge in [-0.2, -0.15) is 0 Å². The van der Waals surface area contributed by atoms with Gasteiger partial charge in [-0.05, 0) is 31.4 Å². The van der Waals surface area contributed by atoms with Crippen LogP contribution in [0.5, 0.6) is 0 Å². The van der Waals surface area contributed by atoms with Crippen LogP contribution < -0.4 is 5.32 Å². The van der Waals surface area contributed by atoms with E-state index in [1.165, 1.54) is 11.0 Å². The van der Waals surface area contributed by atoms with Crippen molar-refractivity contribution in [3.8, 4) is 0 Å². The zero-order chi connectivity index (χ0) is 15.6. The largest absolute Gasteiger partial charge is 0.371 e. The zero-order valence-corrected chi connectivity index (χ0v) is 12.6.